The van der Waals surface area contributed by atoms with Crippen LogP contribution in [0.4, 0.5) is 0 Å². The fourth-order valence-corrected chi connectivity index (χ4v) is 3.13. The Hall–Kier alpha value is -1.79. The van der Waals surface area contributed by atoms with Crippen LogP contribution in [-0.2, 0) is 0 Å². The number of hydrogen-bond donors (Lipinski definition) is 0. The van der Waals surface area contributed by atoms with Gasteiger partial charge in [0.25, 0.3) is 0 Å². The molecule has 0 aliphatic heterocycles. The lowest BCUT2D eigenvalue weighted by molar-refractivity contribution is 1.00. The zero-order valence-electron chi connectivity index (χ0n) is 9.22. The maximum Gasteiger partial charge on any atom is 0.190 e. The van der Waals surface area contributed by atoms with Crippen molar-refractivity contribution in [3.63, 3.8) is 0 Å². The first-order valence-corrected chi connectivity index (χ1v) is 6.89. The Labute approximate surface area is 112 Å². The second kappa shape index (κ2) is 5.24. The maximum atomic E-state index is 4.16. The normalized spacial score (nSPS) is 10.4. The van der Waals surface area contributed by atoms with Gasteiger partial charge in [-0.2, -0.15) is 0 Å². The molecule has 0 N–H and O–H groups in total. The van der Waals surface area contributed by atoms with E-state index < -0.39 is 0 Å². The van der Waals surface area contributed by atoms with Crippen molar-refractivity contribution in [1.82, 2.24) is 20.2 Å². The highest BCUT2D eigenvalue weighted by Gasteiger charge is 2.09. The van der Waals surface area contributed by atoms with Crippen LogP contribution in [0.5, 0.6) is 0 Å². The third-order valence-corrected chi connectivity index (χ3v) is 4.09. The van der Waals surface area contributed by atoms with E-state index in [9.17, 15) is 0 Å². The summed E-state index contributed by atoms with van der Waals surface area (Å²) in [6.07, 6.45) is 3.40. The fraction of sp³-hybridized carbons (Fsp3) is 0. The third-order valence-electron chi connectivity index (χ3n) is 2.11. The minimum absolute atomic E-state index is 0.620. The lowest BCUT2D eigenvalue weighted by Gasteiger charge is -1.94. The number of hydrogen-bond acceptors (Lipinski definition) is 6. The Morgan fingerprint density at radius 2 is 1.67 bits per heavy atom. The quantitative estimate of drug-likeness (QED) is 0.733. The van der Waals surface area contributed by atoms with E-state index in [0.717, 1.165) is 14.2 Å². The molecule has 1 aromatic carbocycles. The fourth-order valence-electron chi connectivity index (χ4n) is 1.34. The molecule has 0 saturated heterocycles. The van der Waals surface area contributed by atoms with Gasteiger partial charge in [0.2, 0.25) is 0 Å². The van der Waals surface area contributed by atoms with Crippen LogP contribution in [0, 0.1) is 0 Å². The number of nitrogens with zero attached hydrogens (tertiary/aromatic N) is 4. The van der Waals surface area contributed by atoms with Gasteiger partial charge in [-0.3, -0.25) is 0 Å². The van der Waals surface area contributed by atoms with Crippen molar-refractivity contribution >= 4 is 23.1 Å². The molecular weight excluding hydrogens is 264 g/mol. The molecule has 3 rings (SSSR count). The van der Waals surface area contributed by atoms with Gasteiger partial charge in [0.15, 0.2) is 15.2 Å². The smallest absolute Gasteiger partial charge is 0.190 e. The molecule has 2 aromatic heterocycles. The van der Waals surface area contributed by atoms with Gasteiger partial charge in [-0.25, -0.2) is 9.97 Å². The minimum Gasteiger partial charge on any atom is -0.234 e. The first-order valence-electron chi connectivity index (χ1n) is 5.25. The van der Waals surface area contributed by atoms with E-state index in [4.69, 9.17) is 0 Å². The summed E-state index contributed by atoms with van der Waals surface area (Å²) >= 11 is 3.09. The van der Waals surface area contributed by atoms with E-state index >= 15 is 0 Å². The molecular formula is C12H8N4S2. The van der Waals surface area contributed by atoms with Gasteiger partial charge in [-0.15, -0.1) is 10.2 Å². The van der Waals surface area contributed by atoms with Gasteiger partial charge in [0, 0.05) is 17.3 Å². The molecule has 0 amide bonds. The van der Waals surface area contributed by atoms with E-state index in [1.54, 1.807) is 30.2 Å². The second-order valence-corrected chi connectivity index (χ2v) is 5.66. The summed E-state index contributed by atoms with van der Waals surface area (Å²) in [5, 5.41) is 8.99. The first kappa shape index (κ1) is 11.3. The predicted molar refractivity (Wildman–Crippen MR) is 71.5 cm³/mol. The van der Waals surface area contributed by atoms with Crippen molar-refractivity contribution in [2.45, 2.75) is 9.24 Å². The van der Waals surface area contributed by atoms with E-state index in [1.165, 1.54) is 11.3 Å². The highest BCUT2D eigenvalue weighted by Crippen LogP contribution is 2.32. The van der Waals surface area contributed by atoms with Crippen LogP contribution in [-0.4, -0.2) is 20.2 Å². The monoisotopic (exact) mass is 272 g/mol. The number of benzene rings is 1. The summed E-state index contributed by atoms with van der Waals surface area (Å²) in [6.45, 7) is 0. The Morgan fingerprint density at radius 3 is 2.44 bits per heavy atom. The Kier molecular flexibility index (Phi) is 3.29. The van der Waals surface area contributed by atoms with Gasteiger partial charge in [0.05, 0.1) is 0 Å². The zero-order chi connectivity index (χ0) is 12.2. The van der Waals surface area contributed by atoms with Gasteiger partial charge in [-0.05, 0) is 18.2 Å². The third kappa shape index (κ3) is 2.55. The molecule has 6 heteroatoms. The maximum absolute atomic E-state index is 4.16. The molecule has 3 aromatic rings. The average Bonchev–Trinajstić information content (AvgIpc) is 2.89. The topological polar surface area (TPSA) is 51.6 Å². The summed E-state index contributed by atoms with van der Waals surface area (Å²) in [4.78, 5) is 9.46. The van der Waals surface area contributed by atoms with Crippen LogP contribution in [0.2, 0.25) is 0 Å². The molecule has 0 atom stereocenters. The van der Waals surface area contributed by atoms with Gasteiger partial charge in [0.1, 0.15) is 0 Å². The van der Waals surface area contributed by atoms with E-state index in [-0.39, 0.29) is 0 Å². The van der Waals surface area contributed by atoms with Crippen molar-refractivity contribution in [2.75, 3.05) is 0 Å². The van der Waals surface area contributed by atoms with Crippen molar-refractivity contribution in [3.8, 4) is 10.8 Å². The highest BCUT2D eigenvalue weighted by atomic mass is 32.2. The first-order chi connectivity index (χ1) is 8.92. The molecule has 88 valence electrons. The SMILES string of the molecule is c1ccc(Sc2nnc(-c3ncccn3)s2)cc1. The van der Waals surface area contributed by atoms with Crippen molar-refractivity contribution in [3.05, 3.63) is 48.8 Å². The van der Waals surface area contributed by atoms with Crippen LogP contribution >= 0.6 is 23.1 Å². The molecule has 0 aliphatic carbocycles. The van der Waals surface area contributed by atoms with Gasteiger partial charge >= 0.3 is 0 Å². The van der Waals surface area contributed by atoms with Crippen molar-refractivity contribution in [1.29, 1.82) is 0 Å². The van der Waals surface area contributed by atoms with Crippen molar-refractivity contribution < 1.29 is 0 Å². The summed E-state index contributed by atoms with van der Waals surface area (Å²) in [5.74, 6) is 0.620. The van der Waals surface area contributed by atoms with Gasteiger partial charge in [-0.1, -0.05) is 41.3 Å². The number of aromatic nitrogens is 4. The van der Waals surface area contributed by atoms with E-state index in [0.29, 0.717) is 5.82 Å². The van der Waals surface area contributed by atoms with Crippen LogP contribution in [0.15, 0.2) is 58.0 Å². The van der Waals surface area contributed by atoms with Crippen LogP contribution in [0.25, 0.3) is 10.8 Å². The molecule has 0 bridgehead atoms. The summed E-state index contributed by atoms with van der Waals surface area (Å²) < 4.78 is 0.892. The van der Waals surface area contributed by atoms with E-state index in [2.05, 4.69) is 20.2 Å². The second-order valence-electron chi connectivity index (χ2n) is 3.36. The Balaban J connectivity index is 1.82. The minimum atomic E-state index is 0.620. The summed E-state index contributed by atoms with van der Waals surface area (Å²) in [7, 11) is 0. The summed E-state index contributed by atoms with van der Waals surface area (Å²) in [6, 6.07) is 11.9. The largest absolute Gasteiger partial charge is 0.234 e. The molecule has 0 fully saturated rings. The van der Waals surface area contributed by atoms with Crippen LogP contribution in [0.1, 0.15) is 0 Å². The van der Waals surface area contributed by atoms with Gasteiger partial charge < -0.3 is 0 Å². The lowest BCUT2D eigenvalue weighted by atomic mass is 10.4. The lowest BCUT2D eigenvalue weighted by Crippen LogP contribution is -1.84. The highest BCUT2D eigenvalue weighted by molar-refractivity contribution is 8.01. The molecule has 0 spiro atoms. The molecule has 0 saturated carbocycles. The van der Waals surface area contributed by atoms with Crippen LogP contribution in [0.3, 0.4) is 0 Å². The standard InChI is InChI=1S/C12H8N4S2/c1-2-5-9(6-3-1)17-12-16-15-11(18-12)10-13-7-4-8-14-10/h1-8H. The number of rotatable bonds is 3. The molecule has 0 radical (unpaired) electrons. The molecule has 2 heterocycles. The van der Waals surface area contributed by atoms with Crippen LogP contribution < -0.4 is 0 Å². The van der Waals surface area contributed by atoms with E-state index in [1.807, 2.05) is 30.3 Å². The molecule has 0 aliphatic rings. The Bertz CT molecular complexity index is 625. The predicted octanol–water partition coefficient (Wildman–Crippen LogP) is 3.15. The zero-order valence-corrected chi connectivity index (χ0v) is 10.9. The Morgan fingerprint density at radius 1 is 0.889 bits per heavy atom. The molecule has 4 nitrogen and oxygen atoms in total. The van der Waals surface area contributed by atoms with Crippen molar-refractivity contribution in [2.24, 2.45) is 0 Å². The molecule has 18 heavy (non-hydrogen) atoms. The summed E-state index contributed by atoms with van der Waals surface area (Å²) in [5.41, 5.74) is 0. The average molecular weight is 272 g/mol. The molecule has 0 unspecified atom stereocenters.